The first-order chi connectivity index (χ1) is 13.5. The van der Waals surface area contributed by atoms with Crippen LogP contribution in [0, 0.1) is 6.92 Å². The molecule has 0 aliphatic rings. The van der Waals surface area contributed by atoms with Crippen LogP contribution in [-0.2, 0) is 21.0 Å². The van der Waals surface area contributed by atoms with Crippen molar-refractivity contribution >= 4 is 21.6 Å². The smallest absolute Gasteiger partial charge is 0.342 e. The minimum absolute atomic E-state index is 0.104. The molecule has 2 aromatic rings. The number of likely N-dealkylation sites (N-methyl/N-ethyl adjacent to an activating group) is 1. The number of aryl methyl sites for hydroxylation is 1. The highest BCUT2D eigenvalue weighted by molar-refractivity contribution is 7.92. The van der Waals surface area contributed by atoms with E-state index >= 15 is 0 Å². The number of carbonyl (C=O) groups is 1. The predicted molar refractivity (Wildman–Crippen MR) is 105 cm³/mol. The summed E-state index contributed by atoms with van der Waals surface area (Å²) < 4.78 is 66.6. The zero-order valence-electron chi connectivity index (χ0n) is 16.4. The third-order valence-corrected chi connectivity index (χ3v) is 6.25. The summed E-state index contributed by atoms with van der Waals surface area (Å²) in [6, 6.07) is 9.87. The van der Waals surface area contributed by atoms with Crippen molar-refractivity contribution in [3.63, 3.8) is 0 Å². The van der Waals surface area contributed by atoms with Gasteiger partial charge in [-0.15, -0.1) is 0 Å². The zero-order chi connectivity index (χ0) is 21.8. The number of anilines is 1. The van der Waals surface area contributed by atoms with Gasteiger partial charge < -0.3 is 4.90 Å². The van der Waals surface area contributed by atoms with Crippen LogP contribution in [0.2, 0.25) is 0 Å². The van der Waals surface area contributed by atoms with Crippen molar-refractivity contribution in [3.05, 3.63) is 59.7 Å². The van der Waals surface area contributed by atoms with Crippen LogP contribution >= 0.6 is 0 Å². The van der Waals surface area contributed by atoms with E-state index in [1.807, 2.05) is 0 Å². The summed E-state index contributed by atoms with van der Waals surface area (Å²) in [6.45, 7) is 5.38. The van der Waals surface area contributed by atoms with E-state index in [-0.39, 0.29) is 10.6 Å². The Bertz CT molecular complexity index is 954. The molecule has 1 amide bonds. The van der Waals surface area contributed by atoms with Crippen LogP contribution in [0.4, 0.5) is 18.9 Å². The van der Waals surface area contributed by atoms with Gasteiger partial charge in [0.2, 0.25) is 5.91 Å². The van der Waals surface area contributed by atoms with E-state index in [4.69, 9.17) is 0 Å². The van der Waals surface area contributed by atoms with Crippen molar-refractivity contribution in [2.24, 2.45) is 0 Å². The molecule has 0 fully saturated rings. The Morgan fingerprint density at radius 1 is 1.00 bits per heavy atom. The van der Waals surface area contributed by atoms with E-state index in [0.29, 0.717) is 13.1 Å². The SMILES string of the molecule is CCN(CC)C(=O)CN(c1cccc(C(F)(F)F)c1)S(=O)(=O)c1ccc(C)cc1. The summed E-state index contributed by atoms with van der Waals surface area (Å²) in [6.07, 6.45) is -4.64. The maximum atomic E-state index is 13.2. The van der Waals surface area contributed by atoms with Crippen LogP contribution in [0.25, 0.3) is 0 Å². The molecule has 0 unspecified atom stereocenters. The standard InChI is InChI=1S/C20H23F3N2O3S/c1-4-24(5-2)19(26)14-25(17-8-6-7-16(13-17)20(21,22)23)29(27,28)18-11-9-15(3)10-12-18/h6-13H,4-5,14H2,1-3H3. The third kappa shape index (κ3) is 5.29. The third-order valence-electron chi connectivity index (χ3n) is 4.47. The van der Waals surface area contributed by atoms with Gasteiger partial charge in [0.25, 0.3) is 10.0 Å². The summed E-state index contributed by atoms with van der Waals surface area (Å²) in [4.78, 5) is 13.9. The van der Waals surface area contributed by atoms with Gasteiger partial charge >= 0.3 is 6.18 Å². The van der Waals surface area contributed by atoms with Gasteiger partial charge in [-0.2, -0.15) is 13.2 Å². The van der Waals surface area contributed by atoms with Gasteiger partial charge in [-0.25, -0.2) is 8.42 Å². The fraction of sp³-hybridized carbons (Fsp3) is 0.350. The molecule has 0 saturated heterocycles. The Hall–Kier alpha value is -2.55. The van der Waals surface area contributed by atoms with Gasteiger partial charge in [0, 0.05) is 13.1 Å². The van der Waals surface area contributed by atoms with Crippen LogP contribution in [0.15, 0.2) is 53.4 Å². The van der Waals surface area contributed by atoms with Crippen molar-refractivity contribution in [2.45, 2.75) is 31.8 Å². The highest BCUT2D eigenvalue weighted by atomic mass is 32.2. The number of amides is 1. The lowest BCUT2D eigenvalue weighted by Gasteiger charge is -2.28. The zero-order valence-corrected chi connectivity index (χ0v) is 17.2. The molecule has 158 valence electrons. The molecule has 0 heterocycles. The first kappa shape index (κ1) is 22.7. The Morgan fingerprint density at radius 2 is 1.59 bits per heavy atom. The monoisotopic (exact) mass is 428 g/mol. The van der Waals surface area contributed by atoms with E-state index in [1.165, 1.54) is 23.1 Å². The summed E-state index contributed by atoms with van der Waals surface area (Å²) in [5, 5.41) is 0. The van der Waals surface area contributed by atoms with Crippen LogP contribution in [0.1, 0.15) is 25.0 Å². The van der Waals surface area contributed by atoms with Crippen LogP contribution < -0.4 is 4.31 Å². The lowest BCUT2D eigenvalue weighted by molar-refractivity contribution is -0.137. The minimum atomic E-state index is -4.64. The maximum absolute atomic E-state index is 13.2. The van der Waals surface area contributed by atoms with Crippen molar-refractivity contribution in [1.29, 1.82) is 0 Å². The van der Waals surface area contributed by atoms with E-state index in [0.717, 1.165) is 28.1 Å². The number of benzene rings is 2. The highest BCUT2D eigenvalue weighted by Gasteiger charge is 2.33. The Labute approximate surface area is 168 Å². The molecule has 9 heteroatoms. The van der Waals surface area contributed by atoms with Crippen molar-refractivity contribution in [1.82, 2.24) is 4.90 Å². The van der Waals surface area contributed by atoms with Crippen molar-refractivity contribution < 1.29 is 26.4 Å². The van der Waals surface area contributed by atoms with E-state index < -0.39 is 34.2 Å². The quantitative estimate of drug-likeness (QED) is 0.668. The molecule has 2 rings (SSSR count). The second-order valence-electron chi connectivity index (χ2n) is 6.44. The number of hydrogen-bond acceptors (Lipinski definition) is 3. The van der Waals surface area contributed by atoms with Gasteiger partial charge in [-0.3, -0.25) is 9.10 Å². The van der Waals surface area contributed by atoms with Gasteiger partial charge in [0.15, 0.2) is 0 Å². The largest absolute Gasteiger partial charge is 0.416 e. The number of sulfonamides is 1. The lowest BCUT2D eigenvalue weighted by Crippen LogP contribution is -2.43. The number of hydrogen-bond donors (Lipinski definition) is 0. The second kappa shape index (κ2) is 8.86. The fourth-order valence-corrected chi connectivity index (χ4v) is 4.20. The van der Waals surface area contributed by atoms with E-state index in [1.54, 1.807) is 32.9 Å². The summed E-state index contributed by atoms with van der Waals surface area (Å²) in [7, 11) is -4.26. The first-order valence-electron chi connectivity index (χ1n) is 9.05. The molecule has 0 N–H and O–H groups in total. The molecule has 0 saturated carbocycles. The average molecular weight is 428 g/mol. The molecule has 2 aromatic carbocycles. The molecule has 5 nitrogen and oxygen atoms in total. The number of carbonyl (C=O) groups excluding carboxylic acids is 1. The highest BCUT2D eigenvalue weighted by Crippen LogP contribution is 2.33. The van der Waals surface area contributed by atoms with Crippen molar-refractivity contribution in [3.8, 4) is 0 Å². The fourth-order valence-electron chi connectivity index (χ4n) is 2.79. The molecule has 0 radical (unpaired) electrons. The van der Waals surface area contributed by atoms with E-state index in [2.05, 4.69) is 0 Å². The van der Waals surface area contributed by atoms with Crippen LogP contribution in [0.5, 0.6) is 0 Å². The van der Waals surface area contributed by atoms with Crippen LogP contribution in [-0.4, -0.2) is 38.9 Å². The Kier molecular flexibility index (Phi) is 6.94. The summed E-state index contributed by atoms with van der Waals surface area (Å²) in [5.41, 5.74) is -0.385. The number of rotatable bonds is 7. The summed E-state index contributed by atoms with van der Waals surface area (Å²) >= 11 is 0. The predicted octanol–water partition coefficient (Wildman–Crippen LogP) is 4.08. The molecule has 29 heavy (non-hydrogen) atoms. The maximum Gasteiger partial charge on any atom is 0.416 e. The number of nitrogens with zero attached hydrogens (tertiary/aromatic N) is 2. The van der Waals surface area contributed by atoms with Gasteiger partial charge in [-0.05, 0) is 51.1 Å². The molecule has 0 aliphatic carbocycles. The van der Waals surface area contributed by atoms with E-state index in [9.17, 15) is 26.4 Å². The summed E-state index contributed by atoms with van der Waals surface area (Å²) in [5.74, 6) is -0.497. The number of halogens is 3. The molecule has 0 bridgehead atoms. The topological polar surface area (TPSA) is 57.7 Å². The second-order valence-corrected chi connectivity index (χ2v) is 8.30. The normalized spacial score (nSPS) is 11.9. The molecular formula is C20H23F3N2O3S. The average Bonchev–Trinajstić information content (AvgIpc) is 2.66. The molecule has 0 atom stereocenters. The van der Waals surface area contributed by atoms with Gasteiger partial charge in [0.05, 0.1) is 16.1 Å². The molecule has 0 aromatic heterocycles. The first-order valence-corrected chi connectivity index (χ1v) is 10.5. The molecular weight excluding hydrogens is 405 g/mol. The van der Waals surface area contributed by atoms with Crippen LogP contribution in [0.3, 0.4) is 0 Å². The lowest BCUT2D eigenvalue weighted by atomic mass is 10.2. The Balaban J connectivity index is 2.57. The number of alkyl halides is 3. The van der Waals surface area contributed by atoms with Gasteiger partial charge in [-0.1, -0.05) is 23.8 Å². The molecule has 0 spiro atoms. The van der Waals surface area contributed by atoms with Gasteiger partial charge in [0.1, 0.15) is 6.54 Å². The minimum Gasteiger partial charge on any atom is -0.342 e. The molecule has 0 aliphatic heterocycles. The van der Waals surface area contributed by atoms with Crippen molar-refractivity contribution in [2.75, 3.05) is 23.9 Å². The Morgan fingerprint density at radius 3 is 2.10 bits per heavy atom.